The van der Waals surface area contributed by atoms with Crippen molar-refractivity contribution in [2.24, 2.45) is 0 Å². The molecule has 0 saturated carbocycles. The third-order valence-corrected chi connectivity index (χ3v) is 4.86. The summed E-state index contributed by atoms with van der Waals surface area (Å²) in [5.41, 5.74) is 3.48. The van der Waals surface area contributed by atoms with E-state index in [1.807, 2.05) is 49.5 Å². The summed E-state index contributed by atoms with van der Waals surface area (Å²) in [7, 11) is 0. The molecule has 3 N–H and O–H groups in total. The van der Waals surface area contributed by atoms with Gasteiger partial charge in [0.05, 0.1) is 0 Å². The largest absolute Gasteiger partial charge is 0.354 e. The van der Waals surface area contributed by atoms with Crippen LogP contribution in [-0.2, 0) is 11.2 Å². The monoisotopic (exact) mass is 413 g/mol. The molecule has 8 heteroatoms. The summed E-state index contributed by atoms with van der Waals surface area (Å²) >= 11 is 0. The average Bonchev–Trinajstić information content (AvgIpc) is 2.77. The van der Waals surface area contributed by atoms with Crippen LogP contribution in [0.3, 0.4) is 0 Å². The summed E-state index contributed by atoms with van der Waals surface area (Å²) in [6.07, 6.45) is 4.04. The Bertz CT molecular complexity index is 1220. The molecule has 0 aliphatic heterocycles. The molecule has 4 aromatic rings. The first-order valence-corrected chi connectivity index (χ1v) is 10.00. The molecule has 2 aromatic carbocycles. The predicted octanol–water partition coefficient (Wildman–Crippen LogP) is 4.08. The quantitative estimate of drug-likeness (QED) is 0.419. The van der Waals surface area contributed by atoms with Crippen LogP contribution >= 0.6 is 0 Å². The van der Waals surface area contributed by atoms with E-state index >= 15 is 0 Å². The maximum Gasteiger partial charge on any atom is 0.232 e. The van der Waals surface area contributed by atoms with E-state index in [2.05, 4.69) is 48.0 Å². The summed E-state index contributed by atoms with van der Waals surface area (Å²) in [6, 6.07) is 15.8. The van der Waals surface area contributed by atoms with Gasteiger partial charge in [0, 0.05) is 48.5 Å². The molecule has 8 nitrogen and oxygen atoms in total. The number of carbonyl (C=O) groups excluding carboxylic acids is 1. The Morgan fingerprint density at radius 2 is 1.74 bits per heavy atom. The van der Waals surface area contributed by atoms with E-state index < -0.39 is 0 Å². The molecule has 1 amide bonds. The van der Waals surface area contributed by atoms with Gasteiger partial charge in [-0.2, -0.15) is 4.98 Å². The van der Waals surface area contributed by atoms with Gasteiger partial charge in [0.15, 0.2) is 0 Å². The highest BCUT2D eigenvalue weighted by molar-refractivity contribution is 5.90. The highest BCUT2D eigenvalue weighted by atomic mass is 16.1. The molecule has 0 radical (unpaired) electrons. The summed E-state index contributed by atoms with van der Waals surface area (Å²) < 4.78 is 0. The Hall–Kier alpha value is -4.07. The fraction of sp³-hybridized carbons (Fsp3) is 0.174. The van der Waals surface area contributed by atoms with Crippen LogP contribution in [0.1, 0.15) is 18.2 Å². The number of nitrogens with one attached hydrogen (secondary N) is 3. The molecule has 0 saturated heterocycles. The Morgan fingerprint density at radius 3 is 2.61 bits per heavy atom. The number of rotatable bonds is 7. The Balaban J connectivity index is 1.43. The van der Waals surface area contributed by atoms with Crippen LogP contribution in [0, 0.1) is 6.92 Å². The zero-order chi connectivity index (χ0) is 21.6. The number of fused-ring (bicyclic) bond motifs is 1. The number of hydrogen-bond acceptors (Lipinski definition) is 7. The lowest BCUT2D eigenvalue weighted by atomic mass is 10.1. The van der Waals surface area contributed by atoms with E-state index in [9.17, 15) is 4.79 Å². The Kier molecular flexibility index (Phi) is 5.98. The minimum atomic E-state index is -0.118. The van der Waals surface area contributed by atoms with Crippen LogP contribution in [-0.4, -0.2) is 32.4 Å². The molecule has 0 aliphatic carbocycles. The van der Waals surface area contributed by atoms with Crippen LogP contribution in [0.2, 0.25) is 0 Å². The molecule has 0 aliphatic rings. The molecule has 0 bridgehead atoms. The number of pyridine rings is 1. The number of anilines is 4. The number of nitrogens with zero attached hydrogens (tertiary/aromatic N) is 4. The highest BCUT2D eigenvalue weighted by Crippen LogP contribution is 2.25. The molecule has 0 fully saturated rings. The van der Waals surface area contributed by atoms with Gasteiger partial charge < -0.3 is 16.0 Å². The zero-order valence-electron chi connectivity index (χ0n) is 17.4. The molecular formula is C23H23N7O. The molecule has 0 spiro atoms. The minimum absolute atomic E-state index is 0.118. The van der Waals surface area contributed by atoms with Gasteiger partial charge in [-0.1, -0.05) is 30.3 Å². The van der Waals surface area contributed by atoms with Crippen molar-refractivity contribution < 1.29 is 4.79 Å². The molecule has 4 rings (SSSR count). The smallest absolute Gasteiger partial charge is 0.232 e. The fourth-order valence-electron chi connectivity index (χ4n) is 3.33. The highest BCUT2D eigenvalue weighted by Gasteiger charge is 2.08. The van der Waals surface area contributed by atoms with Gasteiger partial charge in [0.2, 0.25) is 17.8 Å². The van der Waals surface area contributed by atoms with Crippen molar-refractivity contribution in [1.29, 1.82) is 0 Å². The van der Waals surface area contributed by atoms with Crippen LogP contribution in [0.25, 0.3) is 10.8 Å². The number of amides is 1. The molecule has 31 heavy (non-hydrogen) atoms. The second-order valence-electron chi connectivity index (χ2n) is 7.07. The SMILES string of the molecule is CC(=O)Nc1cccc(Nc2ncnc(NCCc3nccc4ccccc34)n2)c1C. The maximum absolute atomic E-state index is 11.4. The summed E-state index contributed by atoms with van der Waals surface area (Å²) in [5, 5.41) is 11.6. The maximum atomic E-state index is 11.4. The number of benzene rings is 2. The molecule has 2 heterocycles. The lowest BCUT2D eigenvalue weighted by Crippen LogP contribution is -2.11. The first-order valence-electron chi connectivity index (χ1n) is 10.00. The minimum Gasteiger partial charge on any atom is -0.354 e. The van der Waals surface area contributed by atoms with Crippen molar-refractivity contribution >= 4 is 40.0 Å². The van der Waals surface area contributed by atoms with Crippen molar-refractivity contribution in [3.8, 4) is 0 Å². The van der Waals surface area contributed by atoms with E-state index in [1.165, 1.54) is 18.6 Å². The van der Waals surface area contributed by atoms with Crippen molar-refractivity contribution in [3.05, 3.63) is 72.3 Å². The van der Waals surface area contributed by atoms with E-state index in [0.717, 1.165) is 34.4 Å². The van der Waals surface area contributed by atoms with Gasteiger partial charge in [0.1, 0.15) is 6.33 Å². The standard InChI is InChI=1S/C23H23N7O/c1-15-19(28-16(2)31)8-5-9-20(15)29-23-27-14-26-22(30-23)25-13-11-21-18-7-4-3-6-17(18)10-12-24-21/h3-10,12,14H,11,13H2,1-2H3,(H,28,31)(H2,25,26,27,29,30). The first-order chi connectivity index (χ1) is 15.1. The van der Waals surface area contributed by atoms with Gasteiger partial charge in [-0.25, -0.2) is 9.97 Å². The average molecular weight is 413 g/mol. The summed E-state index contributed by atoms with van der Waals surface area (Å²) in [4.78, 5) is 28.7. The van der Waals surface area contributed by atoms with Gasteiger partial charge in [-0.05, 0) is 36.1 Å². The number of carbonyl (C=O) groups is 1. The fourth-order valence-corrected chi connectivity index (χ4v) is 3.33. The third kappa shape index (κ3) is 4.92. The first kappa shape index (κ1) is 20.2. The van der Waals surface area contributed by atoms with Gasteiger partial charge >= 0.3 is 0 Å². The van der Waals surface area contributed by atoms with Crippen LogP contribution < -0.4 is 16.0 Å². The second kappa shape index (κ2) is 9.17. The van der Waals surface area contributed by atoms with Crippen molar-refractivity contribution in [2.75, 3.05) is 22.5 Å². The van der Waals surface area contributed by atoms with Crippen molar-refractivity contribution in [3.63, 3.8) is 0 Å². The normalized spacial score (nSPS) is 10.6. The molecule has 156 valence electrons. The van der Waals surface area contributed by atoms with E-state index in [4.69, 9.17) is 0 Å². The van der Waals surface area contributed by atoms with Gasteiger partial charge in [-0.15, -0.1) is 0 Å². The Labute approximate surface area is 180 Å². The molecule has 2 aromatic heterocycles. The zero-order valence-corrected chi connectivity index (χ0v) is 17.4. The van der Waals surface area contributed by atoms with Crippen LogP contribution in [0.15, 0.2) is 61.1 Å². The van der Waals surface area contributed by atoms with Crippen molar-refractivity contribution in [2.45, 2.75) is 20.3 Å². The van der Waals surface area contributed by atoms with E-state index in [1.54, 1.807) is 0 Å². The van der Waals surface area contributed by atoms with E-state index in [-0.39, 0.29) is 5.91 Å². The lowest BCUT2D eigenvalue weighted by Gasteiger charge is -2.13. The molecule has 0 atom stereocenters. The number of hydrogen-bond donors (Lipinski definition) is 3. The molecular weight excluding hydrogens is 390 g/mol. The lowest BCUT2D eigenvalue weighted by molar-refractivity contribution is -0.114. The second-order valence-corrected chi connectivity index (χ2v) is 7.07. The molecule has 0 unspecified atom stereocenters. The topological polar surface area (TPSA) is 105 Å². The predicted molar refractivity (Wildman–Crippen MR) is 123 cm³/mol. The van der Waals surface area contributed by atoms with E-state index in [0.29, 0.717) is 18.4 Å². The summed E-state index contributed by atoms with van der Waals surface area (Å²) in [6.45, 7) is 4.05. The Morgan fingerprint density at radius 1 is 0.935 bits per heavy atom. The third-order valence-electron chi connectivity index (χ3n) is 4.86. The summed E-state index contributed by atoms with van der Waals surface area (Å²) in [5.74, 6) is 0.782. The van der Waals surface area contributed by atoms with Gasteiger partial charge in [0.25, 0.3) is 0 Å². The van der Waals surface area contributed by atoms with Crippen LogP contribution in [0.4, 0.5) is 23.3 Å². The van der Waals surface area contributed by atoms with Gasteiger partial charge in [-0.3, -0.25) is 9.78 Å². The van der Waals surface area contributed by atoms with Crippen LogP contribution in [0.5, 0.6) is 0 Å². The number of aromatic nitrogens is 4. The van der Waals surface area contributed by atoms with Crippen molar-refractivity contribution in [1.82, 2.24) is 19.9 Å².